The van der Waals surface area contributed by atoms with Crippen molar-refractivity contribution < 1.29 is 9.53 Å². The van der Waals surface area contributed by atoms with Gasteiger partial charge in [-0.2, -0.15) is 0 Å². The molecule has 0 aliphatic heterocycles. The number of carbonyl (C=O) groups is 1. The quantitative estimate of drug-likeness (QED) is 0.762. The first kappa shape index (κ1) is 18.2. The van der Waals surface area contributed by atoms with E-state index in [0.717, 1.165) is 16.9 Å². The normalized spacial score (nSPS) is 13.0. The van der Waals surface area contributed by atoms with Crippen LogP contribution in [-0.2, 0) is 16.1 Å². The van der Waals surface area contributed by atoms with Crippen LogP contribution in [-0.4, -0.2) is 28.1 Å². The van der Waals surface area contributed by atoms with Crippen LogP contribution in [0.4, 0.5) is 0 Å². The number of aromatic nitrogens is 2. The molecule has 5 nitrogen and oxygen atoms in total. The highest BCUT2D eigenvalue weighted by atomic mass is 16.5. The molecule has 1 atom stereocenters. The zero-order valence-electron chi connectivity index (χ0n) is 15.0. The summed E-state index contributed by atoms with van der Waals surface area (Å²) in [6.45, 7) is 12.6. The summed E-state index contributed by atoms with van der Waals surface area (Å²) in [5.74, 6) is 1.00. The fourth-order valence-corrected chi connectivity index (χ4v) is 2.30. The van der Waals surface area contributed by atoms with Gasteiger partial charge in [-0.3, -0.25) is 4.79 Å². The molecule has 0 spiro atoms. The standard InChI is InChI=1S/C19H27N3O2/c1-6-13(2)14-7-8-15-16(11-14)22-17(21-15)12-20-18(23)9-10-24-19(3,4)5/h6-8,11,13H,1,9-10,12H2,2-5H3,(H,20,23)(H,21,22). The van der Waals surface area contributed by atoms with Crippen molar-refractivity contribution in [3.63, 3.8) is 0 Å². The van der Waals surface area contributed by atoms with Crippen LogP contribution in [0.2, 0.25) is 0 Å². The number of carbonyl (C=O) groups excluding carboxylic acids is 1. The molecule has 5 heteroatoms. The lowest BCUT2D eigenvalue weighted by atomic mass is 10.0. The van der Waals surface area contributed by atoms with Crippen LogP contribution in [0.3, 0.4) is 0 Å². The molecule has 2 rings (SSSR count). The van der Waals surface area contributed by atoms with E-state index in [0.29, 0.717) is 25.5 Å². The average Bonchev–Trinajstić information content (AvgIpc) is 2.92. The van der Waals surface area contributed by atoms with Crippen molar-refractivity contribution in [3.05, 3.63) is 42.2 Å². The summed E-state index contributed by atoms with van der Waals surface area (Å²) in [4.78, 5) is 19.6. The van der Waals surface area contributed by atoms with Crippen molar-refractivity contribution in [2.45, 2.75) is 52.2 Å². The number of allylic oxidation sites excluding steroid dienone is 1. The molecule has 1 heterocycles. The molecular weight excluding hydrogens is 302 g/mol. The topological polar surface area (TPSA) is 67.0 Å². The maximum absolute atomic E-state index is 11.9. The maximum Gasteiger partial charge on any atom is 0.222 e. The first-order valence-electron chi connectivity index (χ1n) is 8.30. The van der Waals surface area contributed by atoms with Gasteiger partial charge in [-0.05, 0) is 44.4 Å². The molecular formula is C19H27N3O2. The van der Waals surface area contributed by atoms with Crippen molar-refractivity contribution in [2.24, 2.45) is 0 Å². The van der Waals surface area contributed by atoms with Gasteiger partial charge in [0.25, 0.3) is 0 Å². The molecule has 24 heavy (non-hydrogen) atoms. The highest BCUT2D eigenvalue weighted by Crippen LogP contribution is 2.21. The second-order valence-electron chi connectivity index (χ2n) is 6.97. The minimum Gasteiger partial charge on any atom is -0.375 e. The minimum atomic E-state index is -0.223. The Hall–Kier alpha value is -2.14. The third-order valence-corrected chi connectivity index (χ3v) is 3.75. The van der Waals surface area contributed by atoms with Crippen LogP contribution < -0.4 is 5.32 Å². The number of nitrogens with zero attached hydrogens (tertiary/aromatic N) is 1. The SMILES string of the molecule is C=CC(C)c1ccc2nc(CNC(=O)CCOC(C)(C)C)[nH]c2c1. The third-order valence-electron chi connectivity index (χ3n) is 3.75. The molecule has 2 N–H and O–H groups in total. The second kappa shape index (κ2) is 7.62. The van der Waals surface area contributed by atoms with E-state index in [1.165, 1.54) is 5.56 Å². The van der Waals surface area contributed by atoms with Crippen LogP contribution in [0.5, 0.6) is 0 Å². The zero-order valence-corrected chi connectivity index (χ0v) is 15.0. The Bertz CT molecular complexity index is 713. The first-order chi connectivity index (χ1) is 11.3. The number of H-pyrrole nitrogens is 1. The van der Waals surface area contributed by atoms with Gasteiger partial charge in [0, 0.05) is 6.42 Å². The zero-order chi connectivity index (χ0) is 17.7. The van der Waals surface area contributed by atoms with E-state index in [4.69, 9.17) is 4.74 Å². The van der Waals surface area contributed by atoms with E-state index in [1.54, 1.807) is 0 Å². The van der Waals surface area contributed by atoms with Crippen LogP contribution >= 0.6 is 0 Å². The maximum atomic E-state index is 11.9. The Balaban J connectivity index is 1.91. The van der Waals surface area contributed by atoms with Crippen LogP contribution in [0.15, 0.2) is 30.9 Å². The summed E-state index contributed by atoms with van der Waals surface area (Å²) in [6.07, 6.45) is 2.26. The summed E-state index contributed by atoms with van der Waals surface area (Å²) < 4.78 is 5.55. The summed E-state index contributed by atoms with van der Waals surface area (Å²) in [5, 5.41) is 2.87. The Labute approximate surface area is 143 Å². The number of benzene rings is 1. The Morgan fingerprint density at radius 2 is 2.21 bits per heavy atom. The molecule has 0 radical (unpaired) electrons. The average molecular weight is 329 g/mol. The van der Waals surface area contributed by atoms with Crippen LogP contribution in [0, 0.1) is 0 Å². The molecule has 1 aromatic carbocycles. The van der Waals surface area contributed by atoms with E-state index in [9.17, 15) is 4.79 Å². The molecule has 0 saturated heterocycles. The lowest BCUT2D eigenvalue weighted by molar-refractivity contribution is -0.123. The number of rotatable bonds is 7. The Morgan fingerprint density at radius 3 is 2.88 bits per heavy atom. The number of hydrogen-bond acceptors (Lipinski definition) is 3. The molecule has 2 aromatic rings. The molecule has 1 unspecified atom stereocenters. The molecule has 0 fully saturated rings. The molecule has 0 aliphatic rings. The van der Waals surface area contributed by atoms with Gasteiger partial charge in [0.05, 0.1) is 29.8 Å². The minimum absolute atomic E-state index is 0.0410. The number of ether oxygens (including phenoxy) is 1. The summed E-state index contributed by atoms with van der Waals surface area (Å²) in [7, 11) is 0. The van der Waals surface area contributed by atoms with Gasteiger partial charge in [-0.25, -0.2) is 4.98 Å². The van der Waals surface area contributed by atoms with E-state index < -0.39 is 0 Å². The van der Waals surface area contributed by atoms with Gasteiger partial charge in [0.1, 0.15) is 5.82 Å². The summed E-state index contributed by atoms with van der Waals surface area (Å²) >= 11 is 0. The molecule has 0 bridgehead atoms. The van der Waals surface area contributed by atoms with Gasteiger partial charge < -0.3 is 15.0 Å². The van der Waals surface area contributed by atoms with E-state index >= 15 is 0 Å². The lowest BCUT2D eigenvalue weighted by Gasteiger charge is -2.19. The largest absolute Gasteiger partial charge is 0.375 e. The van der Waals surface area contributed by atoms with Crippen molar-refractivity contribution in [1.82, 2.24) is 15.3 Å². The van der Waals surface area contributed by atoms with Gasteiger partial charge in [-0.1, -0.05) is 19.1 Å². The number of nitrogens with one attached hydrogen (secondary N) is 2. The molecule has 1 aromatic heterocycles. The Morgan fingerprint density at radius 1 is 1.46 bits per heavy atom. The van der Waals surface area contributed by atoms with Gasteiger partial charge >= 0.3 is 0 Å². The third kappa shape index (κ3) is 5.20. The molecule has 1 amide bonds. The van der Waals surface area contributed by atoms with Crippen LogP contribution in [0.25, 0.3) is 11.0 Å². The predicted molar refractivity (Wildman–Crippen MR) is 96.9 cm³/mol. The summed E-state index contributed by atoms with van der Waals surface area (Å²) in [6, 6.07) is 6.13. The van der Waals surface area contributed by atoms with Gasteiger partial charge in [0.15, 0.2) is 0 Å². The summed E-state index contributed by atoms with van der Waals surface area (Å²) in [5.41, 5.74) is 2.84. The predicted octanol–water partition coefficient (Wildman–Crippen LogP) is 3.67. The lowest BCUT2D eigenvalue weighted by Crippen LogP contribution is -2.27. The second-order valence-corrected chi connectivity index (χ2v) is 6.97. The number of amides is 1. The highest BCUT2D eigenvalue weighted by molar-refractivity contribution is 5.77. The smallest absolute Gasteiger partial charge is 0.222 e. The highest BCUT2D eigenvalue weighted by Gasteiger charge is 2.12. The Kier molecular flexibility index (Phi) is 5.78. The molecule has 130 valence electrons. The van der Waals surface area contributed by atoms with Crippen molar-refractivity contribution >= 4 is 16.9 Å². The monoisotopic (exact) mass is 329 g/mol. The fourth-order valence-electron chi connectivity index (χ4n) is 2.30. The van der Waals surface area contributed by atoms with Gasteiger partial charge in [0.2, 0.25) is 5.91 Å². The van der Waals surface area contributed by atoms with Crippen LogP contribution in [0.1, 0.15) is 51.4 Å². The number of imidazole rings is 1. The first-order valence-corrected chi connectivity index (χ1v) is 8.30. The number of aromatic amines is 1. The number of hydrogen-bond donors (Lipinski definition) is 2. The van der Waals surface area contributed by atoms with Gasteiger partial charge in [-0.15, -0.1) is 6.58 Å². The number of fused-ring (bicyclic) bond motifs is 1. The van der Waals surface area contributed by atoms with Crippen molar-refractivity contribution in [1.29, 1.82) is 0 Å². The van der Waals surface area contributed by atoms with E-state index in [-0.39, 0.29) is 11.5 Å². The molecule has 0 aliphatic carbocycles. The fraction of sp³-hybridized carbons (Fsp3) is 0.474. The van der Waals surface area contributed by atoms with E-state index in [1.807, 2.05) is 32.9 Å². The van der Waals surface area contributed by atoms with Crippen molar-refractivity contribution in [2.75, 3.05) is 6.61 Å². The van der Waals surface area contributed by atoms with E-state index in [2.05, 4.69) is 40.9 Å². The van der Waals surface area contributed by atoms with Crippen molar-refractivity contribution in [3.8, 4) is 0 Å². The molecule has 0 saturated carbocycles.